The highest BCUT2D eigenvalue weighted by atomic mass is 16.4. The van der Waals surface area contributed by atoms with E-state index in [1.54, 1.807) is 0 Å². The summed E-state index contributed by atoms with van der Waals surface area (Å²) in [6.45, 7) is 3.78. The Balaban J connectivity index is 1.84. The van der Waals surface area contributed by atoms with E-state index in [0.717, 1.165) is 19.6 Å². The van der Waals surface area contributed by atoms with E-state index in [1.165, 1.54) is 10.5 Å². The number of nitrogens with zero attached hydrogens (tertiary/aromatic N) is 2. The summed E-state index contributed by atoms with van der Waals surface area (Å²) in [6, 6.07) is 10.3. The summed E-state index contributed by atoms with van der Waals surface area (Å²) in [5.41, 5.74) is 1.28. The van der Waals surface area contributed by atoms with Crippen molar-refractivity contribution in [2.75, 3.05) is 26.2 Å². The number of benzene rings is 1. The van der Waals surface area contributed by atoms with Crippen LogP contribution in [0.25, 0.3) is 0 Å². The van der Waals surface area contributed by atoms with Crippen LogP contribution in [0.2, 0.25) is 0 Å². The highest BCUT2D eigenvalue weighted by Gasteiger charge is 2.19. The van der Waals surface area contributed by atoms with Crippen molar-refractivity contribution < 1.29 is 9.90 Å². The fourth-order valence-electron chi connectivity index (χ4n) is 1.94. The van der Waals surface area contributed by atoms with Gasteiger partial charge in [0.25, 0.3) is 0 Å². The van der Waals surface area contributed by atoms with Crippen molar-refractivity contribution in [2.24, 2.45) is 0 Å². The summed E-state index contributed by atoms with van der Waals surface area (Å²) in [4.78, 5) is 14.5. The van der Waals surface area contributed by atoms with Gasteiger partial charge in [-0.25, -0.2) is 4.79 Å². The Hall–Kier alpha value is -1.55. The van der Waals surface area contributed by atoms with Crippen LogP contribution in [0.1, 0.15) is 5.56 Å². The van der Waals surface area contributed by atoms with E-state index in [9.17, 15) is 4.79 Å². The van der Waals surface area contributed by atoms with Gasteiger partial charge in [-0.3, -0.25) is 4.90 Å². The lowest BCUT2D eigenvalue weighted by Crippen LogP contribution is -2.47. The number of rotatable bonds is 2. The van der Waals surface area contributed by atoms with Gasteiger partial charge in [-0.05, 0) is 5.56 Å². The van der Waals surface area contributed by atoms with Gasteiger partial charge in [0.15, 0.2) is 0 Å². The van der Waals surface area contributed by atoms with Crippen LogP contribution in [0.4, 0.5) is 4.79 Å². The van der Waals surface area contributed by atoms with Gasteiger partial charge >= 0.3 is 6.09 Å². The van der Waals surface area contributed by atoms with Crippen LogP contribution >= 0.6 is 0 Å². The number of hydrogen-bond donors (Lipinski definition) is 1. The Labute approximate surface area is 95.1 Å². The average Bonchev–Trinajstić information content (AvgIpc) is 2.31. The van der Waals surface area contributed by atoms with Gasteiger partial charge in [0.1, 0.15) is 0 Å². The van der Waals surface area contributed by atoms with E-state index in [-0.39, 0.29) is 0 Å². The Morgan fingerprint density at radius 2 is 1.75 bits per heavy atom. The molecule has 1 saturated heterocycles. The second-order valence-electron chi connectivity index (χ2n) is 4.03. The quantitative estimate of drug-likeness (QED) is 0.821. The summed E-state index contributed by atoms with van der Waals surface area (Å²) < 4.78 is 0. The Bertz CT molecular complexity index is 345. The lowest BCUT2D eigenvalue weighted by Gasteiger charge is -2.33. The average molecular weight is 220 g/mol. The van der Waals surface area contributed by atoms with Crippen LogP contribution in [0, 0.1) is 0 Å². The summed E-state index contributed by atoms with van der Waals surface area (Å²) in [5.74, 6) is 0. The van der Waals surface area contributed by atoms with Crippen molar-refractivity contribution >= 4 is 6.09 Å². The Morgan fingerprint density at radius 3 is 2.31 bits per heavy atom. The molecule has 2 rings (SSSR count). The molecule has 0 bridgehead atoms. The SMILES string of the molecule is O=C(O)N1CCN(Cc2ccccc2)CC1. The van der Waals surface area contributed by atoms with Crippen molar-refractivity contribution in [2.45, 2.75) is 6.54 Å². The highest BCUT2D eigenvalue weighted by molar-refractivity contribution is 5.65. The Morgan fingerprint density at radius 1 is 1.12 bits per heavy atom. The normalized spacial score (nSPS) is 17.4. The maximum absolute atomic E-state index is 10.7. The number of amides is 1. The zero-order valence-electron chi connectivity index (χ0n) is 9.17. The predicted molar refractivity (Wildman–Crippen MR) is 61.3 cm³/mol. The third kappa shape index (κ3) is 2.73. The molecular weight excluding hydrogens is 204 g/mol. The van der Waals surface area contributed by atoms with Crippen LogP contribution in [0.3, 0.4) is 0 Å². The minimum absolute atomic E-state index is 0.613. The molecule has 4 heteroatoms. The molecule has 16 heavy (non-hydrogen) atoms. The van der Waals surface area contributed by atoms with Crippen molar-refractivity contribution in [3.8, 4) is 0 Å². The second kappa shape index (κ2) is 4.99. The van der Waals surface area contributed by atoms with Crippen LogP contribution in [-0.4, -0.2) is 47.2 Å². The van der Waals surface area contributed by atoms with Crippen LogP contribution in [0.15, 0.2) is 30.3 Å². The van der Waals surface area contributed by atoms with Crippen molar-refractivity contribution in [1.82, 2.24) is 9.80 Å². The standard InChI is InChI=1S/C12H16N2O2/c15-12(16)14-8-6-13(7-9-14)10-11-4-2-1-3-5-11/h1-5H,6-10H2,(H,15,16). The minimum atomic E-state index is -0.806. The molecule has 1 aliphatic heterocycles. The number of piperazine rings is 1. The topological polar surface area (TPSA) is 43.8 Å². The van der Waals surface area contributed by atoms with Crippen molar-refractivity contribution in [1.29, 1.82) is 0 Å². The summed E-state index contributed by atoms with van der Waals surface area (Å²) >= 11 is 0. The van der Waals surface area contributed by atoms with Gasteiger partial charge in [-0.15, -0.1) is 0 Å². The van der Waals surface area contributed by atoms with E-state index in [0.29, 0.717) is 13.1 Å². The molecule has 0 aromatic heterocycles. The molecule has 1 N–H and O–H groups in total. The molecule has 1 aromatic carbocycles. The molecule has 0 aliphatic carbocycles. The number of carbonyl (C=O) groups is 1. The molecule has 1 aromatic rings. The first-order chi connectivity index (χ1) is 7.75. The first kappa shape index (κ1) is 11.0. The zero-order valence-corrected chi connectivity index (χ0v) is 9.17. The summed E-state index contributed by atoms with van der Waals surface area (Å²) in [6.07, 6.45) is -0.806. The molecule has 1 amide bonds. The van der Waals surface area contributed by atoms with Gasteiger partial charge < -0.3 is 10.0 Å². The number of hydrogen-bond acceptors (Lipinski definition) is 2. The smallest absolute Gasteiger partial charge is 0.407 e. The van der Waals surface area contributed by atoms with Crippen LogP contribution in [-0.2, 0) is 6.54 Å². The fourth-order valence-corrected chi connectivity index (χ4v) is 1.94. The maximum atomic E-state index is 10.7. The molecule has 0 spiro atoms. The van der Waals surface area contributed by atoms with E-state index in [4.69, 9.17) is 5.11 Å². The maximum Gasteiger partial charge on any atom is 0.407 e. The van der Waals surface area contributed by atoms with E-state index < -0.39 is 6.09 Å². The minimum Gasteiger partial charge on any atom is -0.465 e. The summed E-state index contributed by atoms with van der Waals surface area (Å²) in [7, 11) is 0. The zero-order chi connectivity index (χ0) is 11.4. The molecule has 86 valence electrons. The van der Waals surface area contributed by atoms with Gasteiger partial charge in [0, 0.05) is 32.7 Å². The first-order valence-corrected chi connectivity index (χ1v) is 5.50. The largest absolute Gasteiger partial charge is 0.465 e. The summed E-state index contributed by atoms with van der Waals surface area (Å²) in [5, 5.41) is 8.82. The molecule has 1 heterocycles. The lowest BCUT2D eigenvalue weighted by atomic mass is 10.2. The lowest BCUT2D eigenvalue weighted by molar-refractivity contribution is 0.103. The number of carboxylic acid groups (broad SMARTS) is 1. The van der Waals surface area contributed by atoms with Crippen molar-refractivity contribution in [3.05, 3.63) is 35.9 Å². The highest BCUT2D eigenvalue weighted by Crippen LogP contribution is 2.08. The Kier molecular flexibility index (Phi) is 3.41. The van der Waals surface area contributed by atoms with Gasteiger partial charge in [0.2, 0.25) is 0 Å². The predicted octanol–water partition coefficient (Wildman–Crippen LogP) is 1.48. The monoisotopic (exact) mass is 220 g/mol. The van der Waals surface area contributed by atoms with Gasteiger partial charge in [-0.2, -0.15) is 0 Å². The molecule has 1 aliphatic rings. The first-order valence-electron chi connectivity index (χ1n) is 5.50. The van der Waals surface area contributed by atoms with Crippen LogP contribution < -0.4 is 0 Å². The molecule has 0 unspecified atom stereocenters. The molecule has 0 radical (unpaired) electrons. The van der Waals surface area contributed by atoms with Gasteiger partial charge in [0.05, 0.1) is 0 Å². The van der Waals surface area contributed by atoms with Crippen molar-refractivity contribution in [3.63, 3.8) is 0 Å². The van der Waals surface area contributed by atoms with E-state index in [1.807, 2.05) is 18.2 Å². The molecule has 1 fully saturated rings. The molecule has 0 saturated carbocycles. The molecule has 0 atom stereocenters. The second-order valence-corrected chi connectivity index (χ2v) is 4.03. The molecular formula is C12H16N2O2. The van der Waals surface area contributed by atoms with Crippen LogP contribution in [0.5, 0.6) is 0 Å². The van der Waals surface area contributed by atoms with E-state index >= 15 is 0 Å². The van der Waals surface area contributed by atoms with Gasteiger partial charge in [-0.1, -0.05) is 30.3 Å². The molecule has 4 nitrogen and oxygen atoms in total. The third-order valence-corrected chi connectivity index (χ3v) is 2.89. The third-order valence-electron chi connectivity index (χ3n) is 2.89. The van der Waals surface area contributed by atoms with E-state index in [2.05, 4.69) is 17.0 Å². The fraction of sp³-hybridized carbons (Fsp3) is 0.417.